The fourth-order valence-corrected chi connectivity index (χ4v) is 0.848. The van der Waals surface area contributed by atoms with E-state index in [-0.39, 0.29) is 5.41 Å². The Morgan fingerprint density at radius 3 is 2.14 bits per heavy atom. The highest BCUT2D eigenvalue weighted by molar-refractivity contribution is 4.83. The van der Waals surface area contributed by atoms with Crippen molar-refractivity contribution in [2.45, 2.75) is 33.5 Å². The van der Waals surface area contributed by atoms with Gasteiger partial charge in [0, 0.05) is 0 Å². The predicted octanol–water partition coefficient (Wildman–Crippen LogP) is 1.74. The molecular formula is C7H11F3N4. The lowest BCUT2D eigenvalue weighted by molar-refractivity contribution is -0.145. The number of rotatable bonds is 1. The largest absolute Gasteiger partial charge is 0.455 e. The van der Waals surface area contributed by atoms with E-state index in [1.54, 1.807) is 0 Å². The summed E-state index contributed by atoms with van der Waals surface area (Å²) in [5, 5.41) is 9.49. The topological polar surface area (TPSA) is 43.6 Å². The summed E-state index contributed by atoms with van der Waals surface area (Å²) in [6.07, 6.45) is -4.52. The van der Waals surface area contributed by atoms with Gasteiger partial charge in [-0.3, -0.25) is 0 Å². The molecule has 0 atom stereocenters. The molecule has 0 N–H and O–H groups in total. The van der Waals surface area contributed by atoms with Gasteiger partial charge in [-0.05, 0) is 10.6 Å². The van der Waals surface area contributed by atoms with Crippen LogP contribution in [0.1, 0.15) is 26.6 Å². The van der Waals surface area contributed by atoms with Crippen molar-refractivity contribution in [1.82, 2.24) is 20.2 Å². The standard InChI is InChI=1S/C7H11F3N4/c1-6(2,3)4-14-12-5(11-13-14)7(8,9)10/h4H2,1-3H3. The summed E-state index contributed by atoms with van der Waals surface area (Å²) in [4.78, 5) is 0.961. The molecule has 14 heavy (non-hydrogen) atoms. The van der Waals surface area contributed by atoms with Gasteiger partial charge in [0.25, 0.3) is 5.82 Å². The van der Waals surface area contributed by atoms with Gasteiger partial charge in [-0.2, -0.15) is 18.0 Å². The lowest BCUT2D eigenvalue weighted by atomic mass is 9.97. The summed E-state index contributed by atoms with van der Waals surface area (Å²) in [5.41, 5.74) is -0.177. The van der Waals surface area contributed by atoms with Crippen LogP contribution in [0.3, 0.4) is 0 Å². The smallest absolute Gasteiger partial charge is 0.163 e. The Hall–Kier alpha value is -1.14. The molecular weight excluding hydrogens is 197 g/mol. The highest BCUT2D eigenvalue weighted by Gasteiger charge is 2.36. The lowest BCUT2D eigenvalue weighted by Crippen LogP contribution is -2.18. The van der Waals surface area contributed by atoms with Crippen LogP contribution in [0.25, 0.3) is 0 Å². The van der Waals surface area contributed by atoms with E-state index in [0.717, 1.165) is 4.80 Å². The molecule has 0 aliphatic carbocycles. The van der Waals surface area contributed by atoms with Crippen LogP contribution in [0.2, 0.25) is 0 Å². The molecule has 7 heteroatoms. The van der Waals surface area contributed by atoms with Crippen LogP contribution in [0.15, 0.2) is 0 Å². The minimum atomic E-state index is -4.52. The molecule has 0 radical (unpaired) electrons. The number of halogens is 3. The number of alkyl halides is 3. The zero-order valence-corrected chi connectivity index (χ0v) is 8.13. The first-order valence-corrected chi connectivity index (χ1v) is 4.03. The number of nitrogens with zero attached hydrogens (tertiary/aromatic N) is 4. The van der Waals surface area contributed by atoms with E-state index in [0.29, 0.717) is 6.54 Å². The molecule has 1 aromatic heterocycles. The summed E-state index contributed by atoms with van der Waals surface area (Å²) >= 11 is 0. The first-order valence-electron chi connectivity index (χ1n) is 4.03. The number of tetrazole rings is 1. The molecule has 0 aromatic carbocycles. The van der Waals surface area contributed by atoms with E-state index in [1.807, 2.05) is 20.8 Å². The Morgan fingerprint density at radius 2 is 1.79 bits per heavy atom. The second kappa shape index (κ2) is 3.21. The minimum absolute atomic E-state index is 0.177. The first-order chi connectivity index (χ1) is 6.18. The van der Waals surface area contributed by atoms with Gasteiger partial charge in [0.15, 0.2) is 0 Å². The van der Waals surface area contributed by atoms with Crippen LogP contribution in [0.4, 0.5) is 13.2 Å². The Labute approximate surface area is 79.1 Å². The Kier molecular flexibility index (Phi) is 2.51. The average molecular weight is 208 g/mol. The highest BCUT2D eigenvalue weighted by atomic mass is 19.4. The summed E-state index contributed by atoms with van der Waals surface area (Å²) in [6.45, 7) is 5.94. The molecule has 1 aromatic rings. The quantitative estimate of drug-likeness (QED) is 0.706. The van der Waals surface area contributed by atoms with E-state index in [9.17, 15) is 13.2 Å². The molecule has 0 saturated heterocycles. The second-order valence-electron chi connectivity index (χ2n) is 4.20. The van der Waals surface area contributed by atoms with Crippen LogP contribution >= 0.6 is 0 Å². The van der Waals surface area contributed by atoms with Gasteiger partial charge < -0.3 is 0 Å². The lowest BCUT2D eigenvalue weighted by Gasteiger charge is -2.15. The normalized spacial score (nSPS) is 13.3. The van der Waals surface area contributed by atoms with Crippen molar-refractivity contribution in [3.8, 4) is 0 Å². The Bertz CT molecular complexity index is 309. The maximum atomic E-state index is 12.1. The third-order valence-corrected chi connectivity index (χ3v) is 1.32. The van der Waals surface area contributed by atoms with Crippen molar-refractivity contribution in [3.63, 3.8) is 0 Å². The number of aromatic nitrogens is 4. The summed E-state index contributed by atoms with van der Waals surface area (Å²) in [5.74, 6) is -1.19. The van der Waals surface area contributed by atoms with Crippen molar-refractivity contribution < 1.29 is 13.2 Å². The van der Waals surface area contributed by atoms with Crippen molar-refractivity contribution in [1.29, 1.82) is 0 Å². The van der Waals surface area contributed by atoms with Crippen molar-refractivity contribution in [3.05, 3.63) is 5.82 Å². The molecule has 1 rings (SSSR count). The van der Waals surface area contributed by atoms with Crippen LogP contribution < -0.4 is 0 Å². The number of hydrogen-bond donors (Lipinski definition) is 0. The van der Waals surface area contributed by atoms with Gasteiger partial charge in [0.05, 0.1) is 6.54 Å². The van der Waals surface area contributed by atoms with E-state index >= 15 is 0 Å². The van der Waals surface area contributed by atoms with Crippen molar-refractivity contribution in [2.75, 3.05) is 0 Å². The predicted molar refractivity (Wildman–Crippen MR) is 42.3 cm³/mol. The first kappa shape index (κ1) is 10.9. The Balaban J connectivity index is 2.79. The van der Waals surface area contributed by atoms with Gasteiger partial charge in [-0.1, -0.05) is 20.8 Å². The van der Waals surface area contributed by atoms with Gasteiger partial charge in [0.2, 0.25) is 0 Å². The van der Waals surface area contributed by atoms with Crippen molar-refractivity contribution >= 4 is 0 Å². The molecule has 0 spiro atoms. The molecule has 0 bridgehead atoms. The maximum Gasteiger partial charge on any atom is 0.455 e. The van der Waals surface area contributed by atoms with Gasteiger partial charge in [-0.25, -0.2) is 0 Å². The summed E-state index contributed by atoms with van der Waals surface area (Å²) in [7, 11) is 0. The second-order valence-corrected chi connectivity index (χ2v) is 4.20. The Morgan fingerprint density at radius 1 is 1.21 bits per heavy atom. The maximum absolute atomic E-state index is 12.1. The van der Waals surface area contributed by atoms with Crippen LogP contribution in [-0.2, 0) is 12.7 Å². The monoisotopic (exact) mass is 208 g/mol. The van der Waals surface area contributed by atoms with E-state index in [4.69, 9.17) is 0 Å². The molecule has 0 aliphatic rings. The van der Waals surface area contributed by atoms with E-state index < -0.39 is 12.0 Å². The molecule has 4 nitrogen and oxygen atoms in total. The van der Waals surface area contributed by atoms with Gasteiger partial charge in [0.1, 0.15) is 0 Å². The SMILES string of the molecule is CC(C)(C)Cn1nnc(C(F)(F)F)n1. The third kappa shape index (κ3) is 2.97. The molecule has 80 valence electrons. The van der Waals surface area contributed by atoms with Crippen LogP contribution in [0, 0.1) is 5.41 Å². The molecule has 0 aliphatic heterocycles. The minimum Gasteiger partial charge on any atom is -0.163 e. The van der Waals surface area contributed by atoms with E-state index in [2.05, 4.69) is 15.4 Å². The summed E-state index contributed by atoms with van der Waals surface area (Å²) < 4.78 is 36.2. The summed E-state index contributed by atoms with van der Waals surface area (Å²) in [6, 6.07) is 0. The van der Waals surface area contributed by atoms with Crippen LogP contribution in [-0.4, -0.2) is 20.2 Å². The molecule has 0 amide bonds. The van der Waals surface area contributed by atoms with Crippen LogP contribution in [0.5, 0.6) is 0 Å². The fraction of sp³-hybridized carbons (Fsp3) is 0.857. The zero-order chi connectivity index (χ0) is 11.0. The van der Waals surface area contributed by atoms with Crippen molar-refractivity contribution in [2.24, 2.45) is 5.41 Å². The van der Waals surface area contributed by atoms with E-state index in [1.165, 1.54) is 0 Å². The van der Waals surface area contributed by atoms with Gasteiger partial charge in [-0.15, -0.1) is 10.2 Å². The molecule has 0 saturated carbocycles. The third-order valence-electron chi connectivity index (χ3n) is 1.32. The molecule has 1 heterocycles. The zero-order valence-electron chi connectivity index (χ0n) is 8.13. The average Bonchev–Trinajstić information content (AvgIpc) is 2.29. The number of hydrogen-bond acceptors (Lipinski definition) is 3. The highest BCUT2D eigenvalue weighted by Crippen LogP contribution is 2.25. The molecule has 0 unspecified atom stereocenters. The fourth-order valence-electron chi connectivity index (χ4n) is 0.848. The van der Waals surface area contributed by atoms with Gasteiger partial charge >= 0.3 is 6.18 Å². The molecule has 0 fully saturated rings.